The average molecular weight is 268 g/mol. The van der Waals surface area contributed by atoms with Crippen molar-refractivity contribution in [2.24, 2.45) is 0 Å². The molecule has 0 N–H and O–H groups in total. The number of benzene rings is 1. The number of anilines is 2. The van der Waals surface area contributed by atoms with Crippen LogP contribution in [0.25, 0.3) is 0 Å². The molecule has 1 aromatic heterocycles. The number of ether oxygens (including phenoxy) is 1. The molecule has 0 spiro atoms. The SMILES string of the molecule is COC(=O)c1cnc(N(C)c2ccccc2C#N)cn1. The molecule has 1 aromatic carbocycles. The van der Waals surface area contributed by atoms with Crippen LogP contribution < -0.4 is 4.90 Å². The van der Waals surface area contributed by atoms with Gasteiger partial charge in [0.05, 0.1) is 30.8 Å². The van der Waals surface area contributed by atoms with Crippen LogP contribution in [0, 0.1) is 11.3 Å². The number of aromatic nitrogens is 2. The van der Waals surface area contributed by atoms with Crippen molar-refractivity contribution < 1.29 is 9.53 Å². The minimum absolute atomic E-state index is 0.137. The van der Waals surface area contributed by atoms with Gasteiger partial charge in [0.15, 0.2) is 11.5 Å². The van der Waals surface area contributed by atoms with Gasteiger partial charge in [0.2, 0.25) is 0 Å². The van der Waals surface area contributed by atoms with Crippen LogP contribution in [-0.2, 0) is 4.74 Å². The van der Waals surface area contributed by atoms with Crippen LogP contribution in [0.4, 0.5) is 11.5 Å². The van der Waals surface area contributed by atoms with Crippen LogP contribution in [0.2, 0.25) is 0 Å². The molecule has 0 saturated carbocycles. The van der Waals surface area contributed by atoms with E-state index in [-0.39, 0.29) is 5.69 Å². The molecular formula is C14H12N4O2. The highest BCUT2D eigenvalue weighted by Gasteiger charge is 2.12. The summed E-state index contributed by atoms with van der Waals surface area (Å²) >= 11 is 0. The maximum absolute atomic E-state index is 11.3. The first-order chi connectivity index (χ1) is 9.67. The molecule has 20 heavy (non-hydrogen) atoms. The zero-order chi connectivity index (χ0) is 14.5. The molecule has 0 aliphatic heterocycles. The highest BCUT2D eigenvalue weighted by Crippen LogP contribution is 2.24. The van der Waals surface area contributed by atoms with E-state index < -0.39 is 5.97 Å². The lowest BCUT2D eigenvalue weighted by Crippen LogP contribution is -2.14. The number of hydrogen-bond acceptors (Lipinski definition) is 6. The fraction of sp³-hybridized carbons (Fsp3) is 0.143. The normalized spacial score (nSPS) is 9.65. The van der Waals surface area contributed by atoms with Crippen LogP contribution in [0.15, 0.2) is 36.7 Å². The Bertz CT molecular complexity index is 662. The van der Waals surface area contributed by atoms with Gasteiger partial charge in [-0.2, -0.15) is 5.26 Å². The van der Waals surface area contributed by atoms with E-state index in [4.69, 9.17) is 5.26 Å². The summed E-state index contributed by atoms with van der Waals surface area (Å²) in [5, 5.41) is 9.09. The van der Waals surface area contributed by atoms with Gasteiger partial charge in [-0.1, -0.05) is 12.1 Å². The molecule has 6 heteroatoms. The Kier molecular flexibility index (Phi) is 3.91. The second-order valence-corrected chi connectivity index (χ2v) is 3.94. The van der Waals surface area contributed by atoms with Crippen molar-refractivity contribution >= 4 is 17.5 Å². The average Bonchev–Trinajstić information content (AvgIpc) is 2.53. The molecule has 0 unspecified atom stereocenters. The standard InChI is InChI=1S/C14H12N4O2/c1-18(12-6-4-3-5-10(12)7-15)13-9-16-11(8-17-13)14(19)20-2/h3-6,8-9H,1-2H3. The number of nitrogens with zero attached hydrogens (tertiary/aromatic N) is 4. The van der Waals surface area contributed by atoms with E-state index in [9.17, 15) is 4.79 Å². The Balaban J connectivity index is 2.32. The minimum atomic E-state index is -0.538. The Morgan fingerprint density at radius 2 is 2.05 bits per heavy atom. The molecule has 1 heterocycles. The number of carbonyl (C=O) groups is 1. The minimum Gasteiger partial charge on any atom is -0.464 e. The van der Waals surface area contributed by atoms with Crippen LogP contribution in [0.3, 0.4) is 0 Å². The number of methoxy groups -OCH3 is 1. The predicted molar refractivity (Wildman–Crippen MR) is 72.6 cm³/mol. The van der Waals surface area contributed by atoms with Crippen molar-refractivity contribution in [1.82, 2.24) is 9.97 Å². The number of nitriles is 1. The van der Waals surface area contributed by atoms with Crippen molar-refractivity contribution in [3.8, 4) is 6.07 Å². The second kappa shape index (κ2) is 5.80. The van der Waals surface area contributed by atoms with Crippen LogP contribution in [0.5, 0.6) is 0 Å². The van der Waals surface area contributed by atoms with Gasteiger partial charge < -0.3 is 9.64 Å². The van der Waals surface area contributed by atoms with Gasteiger partial charge in [-0.05, 0) is 12.1 Å². The van der Waals surface area contributed by atoms with E-state index in [1.165, 1.54) is 19.5 Å². The van der Waals surface area contributed by atoms with Gasteiger partial charge >= 0.3 is 5.97 Å². The zero-order valence-electron chi connectivity index (χ0n) is 11.1. The molecule has 0 aliphatic rings. The van der Waals surface area contributed by atoms with E-state index in [1.54, 1.807) is 24.1 Å². The Hall–Kier alpha value is -2.94. The molecule has 100 valence electrons. The summed E-state index contributed by atoms with van der Waals surface area (Å²) in [4.78, 5) is 21.2. The molecule has 6 nitrogen and oxygen atoms in total. The highest BCUT2D eigenvalue weighted by molar-refractivity contribution is 5.86. The first-order valence-electron chi connectivity index (χ1n) is 5.80. The lowest BCUT2D eigenvalue weighted by atomic mass is 10.2. The molecule has 0 amide bonds. The van der Waals surface area contributed by atoms with Gasteiger partial charge in [0.1, 0.15) is 6.07 Å². The van der Waals surface area contributed by atoms with Crippen LogP contribution in [-0.4, -0.2) is 30.1 Å². The molecule has 0 aliphatic carbocycles. The summed E-state index contributed by atoms with van der Waals surface area (Å²) in [6.07, 6.45) is 2.80. The fourth-order valence-corrected chi connectivity index (χ4v) is 1.69. The van der Waals surface area contributed by atoms with E-state index in [0.717, 1.165) is 5.69 Å². The number of carbonyl (C=O) groups excluding carboxylic acids is 1. The van der Waals surface area contributed by atoms with E-state index in [1.807, 2.05) is 12.1 Å². The molecule has 2 rings (SSSR count). The summed E-state index contributed by atoms with van der Waals surface area (Å²) in [5.74, 6) is -0.00974. The predicted octanol–water partition coefficient (Wildman–Crippen LogP) is 1.90. The van der Waals surface area contributed by atoms with Crippen LogP contribution in [0.1, 0.15) is 16.1 Å². The number of rotatable bonds is 3. The smallest absolute Gasteiger partial charge is 0.358 e. The van der Waals surface area contributed by atoms with E-state index in [2.05, 4.69) is 20.8 Å². The Morgan fingerprint density at radius 3 is 2.65 bits per heavy atom. The maximum Gasteiger partial charge on any atom is 0.358 e. The number of esters is 1. The quantitative estimate of drug-likeness (QED) is 0.791. The van der Waals surface area contributed by atoms with Gasteiger partial charge in [0.25, 0.3) is 0 Å². The first kappa shape index (κ1) is 13.5. The van der Waals surface area contributed by atoms with Gasteiger partial charge in [0, 0.05) is 7.05 Å². The maximum atomic E-state index is 11.3. The van der Waals surface area contributed by atoms with Crippen molar-refractivity contribution in [3.05, 3.63) is 47.9 Å². The molecule has 0 fully saturated rings. The van der Waals surface area contributed by atoms with Gasteiger partial charge in [-0.15, -0.1) is 0 Å². The van der Waals surface area contributed by atoms with Crippen molar-refractivity contribution in [2.45, 2.75) is 0 Å². The van der Waals surface area contributed by atoms with Crippen LogP contribution >= 0.6 is 0 Å². The second-order valence-electron chi connectivity index (χ2n) is 3.94. The monoisotopic (exact) mass is 268 g/mol. The van der Waals surface area contributed by atoms with Crippen molar-refractivity contribution in [2.75, 3.05) is 19.1 Å². The number of hydrogen-bond donors (Lipinski definition) is 0. The third-order valence-corrected chi connectivity index (χ3v) is 2.76. The third-order valence-electron chi connectivity index (χ3n) is 2.76. The van der Waals surface area contributed by atoms with Gasteiger partial charge in [-0.3, -0.25) is 0 Å². The van der Waals surface area contributed by atoms with Crippen molar-refractivity contribution in [1.29, 1.82) is 5.26 Å². The highest BCUT2D eigenvalue weighted by atomic mass is 16.5. The largest absolute Gasteiger partial charge is 0.464 e. The molecular weight excluding hydrogens is 256 g/mol. The first-order valence-corrected chi connectivity index (χ1v) is 5.80. The Morgan fingerprint density at radius 1 is 1.30 bits per heavy atom. The summed E-state index contributed by atoms with van der Waals surface area (Å²) in [6.45, 7) is 0. The molecule has 0 bridgehead atoms. The molecule has 0 atom stereocenters. The molecule has 0 radical (unpaired) electrons. The zero-order valence-corrected chi connectivity index (χ0v) is 11.1. The lowest BCUT2D eigenvalue weighted by molar-refractivity contribution is 0.0593. The van der Waals surface area contributed by atoms with E-state index >= 15 is 0 Å². The molecule has 2 aromatic rings. The van der Waals surface area contributed by atoms with Crippen molar-refractivity contribution in [3.63, 3.8) is 0 Å². The summed E-state index contributed by atoms with van der Waals surface area (Å²) in [5.41, 5.74) is 1.39. The summed E-state index contributed by atoms with van der Waals surface area (Å²) in [6, 6.07) is 9.29. The summed E-state index contributed by atoms with van der Waals surface area (Å²) < 4.78 is 4.56. The third kappa shape index (κ3) is 2.57. The summed E-state index contributed by atoms with van der Waals surface area (Å²) in [7, 11) is 3.06. The van der Waals surface area contributed by atoms with Gasteiger partial charge in [-0.25, -0.2) is 14.8 Å². The van der Waals surface area contributed by atoms with E-state index in [0.29, 0.717) is 11.4 Å². The Labute approximate surface area is 116 Å². The topological polar surface area (TPSA) is 79.1 Å². The molecule has 0 saturated heterocycles. The lowest BCUT2D eigenvalue weighted by Gasteiger charge is -2.18. The fourth-order valence-electron chi connectivity index (χ4n) is 1.69. The number of para-hydroxylation sites is 1.